The Morgan fingerprint density at radius 1 is 1.07 bits per heavy atom. The lowest BCUT2D eigenvalue weighted by molar-refractivity contribution is -0.143. The van der Waals surface area contributed by atoms with Crippen LogP contribution in [0.2, 0.25) is 0 Å². The lowest BCUT2D eigenvalue weighted by Crippen LogP contribution is -2.46. The Bertz CT molecular complexity index is 865. The van der Waals surface area contributed by atoms with E-state index in [1.165, 1.54) is 29.4 Å². The average molecular weight is 491 g/mol. The molecule has 0 bridgehead atoms. The minimum atomic E-state index is -3.80. The van der Waals surface area contributed by atoms with Gasteiger partial charge in [0.15, 0.2) is 6.10 Å². The summed E-state index contributed by atoms with van der Waals surface area (Å²) in [7, 11) is -3.80. The van der Waals surface area contributed by atoms with Crippen LogP contribution in [0.5, 0.6) is 0 Å². The molecule has 1 unspecified atom stereocenters. The molecule has 0 aliphatic carbocycles. The second-order valence-corrected chi connectivity index (χ2v) is 9.41. The van der Waals surface area contributed by atoms with Crippen molar-refractivity contribution in [2.45, 2.75) is 17.9 Å². The van der Waals surface area contributed by atoms with Crippen molar-refractivity contribution in [3.63, 3.8) is 0 Å². The first kappa shape index (κ1) is 22.2. The standard InChI is InChI=1S/C18H23BrN2O7S/c1-13(17(22)20-4-8-26-9-5-20)28-18(23)14-2-3-15(19)16(12-14)29(24,25)21-6-10-27-11-7-21/h2-3,12-13H,4-11H2,1H3. The molecule has 2 aliphatic rings. The van der Waals surface area contributed by atoms with Gasteiger partial charge in [0.05, 0.1) is 36.9 Å². The molecule has 2 heterocycles. The Kier molecular flexibility index (Phi) is 7.28. The number of nitrogens with zero attached hydrogens (tertiary/aromatic N) is 2. The van der Waals surface area contributed by atoms with E-state index < -0.39 is 22.1 Å². The summed E-state index contributed by atoms with van der Waals surface area (Å²) in [5.74, 6) is -1.06. The van der Waals surface area contributed by atoms with E-state index in [2.05, 4.69) is 15.9 Å². The van der Waals surface area contributed by atoms with Crippen LogP contribution in [-0.4, -0.2) is 88.2 Å². The molecule has 2 saturated heterocycles. The topological polar surface area (TPSA) is 102 Å². The fourth-order valence-electron chi connectivity index (χ4n) is 3.07. The van der Waals surface area contributed by atoms with Crippen molar-refractivity contribution in [2.24, 2.45) is 0 Å². The van der Waals surface area contributed by atoms with Gasteiger partial charge in [-0.25, -0.2) is 13.2 Å². The third-order valence-corrected chi connectivity index (χ3v) is 7.60. The molecule has 0 spiro atoms. The second kappa shape index (κ2) is 9.52. The summed E-state index contributed by atoms with van der Waals surface area (Å²) in [5, 5.41) is 0. The van der Waals surface area contributed by atoms with Gasteiger partial charge >= 0.3 is 5.97 Å². The van der Waals surface area contributed by atoms with Crippen molar-refractivity contribution >= 4 is 37.8 Å². The molecular formula is C18H23BrN2O7S. The van der Waals surface area contributed by atoms with Gasteiger partial charge in [-0.3, -0.25) is 4.79 Å². The third-order valence-electron chi connectivity index (χ3n) is 4.71. The molecule has 1 aromatic carbocycles. The fraction of sp³-hybridized carbons (Fsp3) is 0.556. The van der Waals surface area contributed by atoms with Crippen LogP contribution < -0.4 is 0 Å². The predicted molar refractivity (Wildman–Crippen MR) is 106 cm³/mol. The van der Waals surface area contributed by atoms with Gasteiger partial charge in [-0.15, -0.1) is 0 Å². The molecule has 160 valence electrons. The highest BCUT2D eigenvalue weighted by Gasteiger charge is 2.30. The molecule has 9 nitrogen and oxygen atoms in total. The molecule has 2 fully saturated rings. The van der Waals surface area contributed by atoms with Crippen molar-refractivity contribution in [1.29, 1.82) is 0 Å². The number of sulfonamides is 1. The van der Waals surface area contributed by atoms with Gasteiger partial charge in [0.25, 0.3) is 5.91 Å². The number of hydrogen-bond donors (Lipinski definition) is 0. The quantitative estimate of drug-likeness (QED) is 0.564. The van der Waals surface area contributed by atoms with E-state index in [1.54, 1.807) is 4.90 Å². The molecule has 1 aromatic rings. The SMILES string of the molecule is CC(OC(=O)c1ccc(Br)c(S(=O)(=O)N2CCOCC2)c1)C(=O)N1CCOCC1. The maximum absolute atomic E-state index is 12.9. The molecule has 29 heavy (non-hydrogen) atoms. The van der Waals surface area contributed by atoms with Crippen LogP contribution in [0, 0.1) is 0 Å². The highest BCUT2D eigenvalue weighted by molar-refractivity contribution is 9.10. The molecule has 1 atom stereocenters. The number of carbonyl (C=O) groups is 2. The minimum absolute atomic E-state index is 0.0268. The summed E-state index contributed by atoms with van der Waals surface area (Å²) < 4.78 is 43.2. The number of ether oxygens (including phenoxy) is 3. The first-order chi connectivity index (χ1) is 13.8. The smallest absolute Gasteiger partial charge is 0.338 e. The van der Waals surface area contributed by atoms with Crippen LogP contribution in [0.4, 0.5) is 0 Å². The number of halogens is 1. The van der Waals surface area contributed by atoms with Gasteiger partial charge < -0.3 is 19.1 Å². The number of morpholine rings is 2. The molecule has 1 amide bonds. The zero-order valence-corrected chi connectivity index (χ0v) is 18.4. The van der Waals surface area contributed by atoms with Crippen molar-refractivity contribution < 1.29 is 32.2 Å². The Labute approximate surface area is 178 Å². The summed E-state index contributed by atoms with van der Waals surface area (Å²) in [6, 6.07) is 4.21. The van der Waals surface area contributed by atoms with E-state index in [9.17, 15) is 18.0 Å². The monoisotopic (exact) mass is 490 g/mol. The lowest BCUT2D eigenvalue weighted by atomic mass is 10.2. The average Bonchev–Trinajstić information content (AvgIpc) is 2.74. The molecule has 0 saturated carbocycles. The largest absolute Gasteiger partial charge is 0.449 e. The van der Waals surface area contributed by atoms with Gasteiger partial charge in [0.2, 0.25) is 10.0 Å². The van der Waals surface area contributed by atoms with Gasteiger partial charge in [-0.1, -0.05) is 0 Å². The fourth-order valence-corrected chi connectivity index (χ4v) is 5.43. The van der Waals surface area contributed by atoms with Crippen LogP contribution in [-0.2, 0) is 29.0 Å². The summed E-state index contributed by atoms with van der Waals surface area (Å²) in [5.41, 5.74) is 0.0571. The van der Waals surface area contributed by atoms with Crippen LogP contribution >= 0.6 is 15.9 Å². The van der Waals surface area contributed by atoms with Gasteiger partial charge in [-0.05, 0) is 41.1 Å². The number of amides is 1. The summed E-state index contributed by atoms with van der Waals surface area (Å²) >= 11 is 3.25. The molecule has 3 rings (SSSR count). The van der Waals surface area contributed by atoms with Crippen LogP contribution in [0.25, 0.3) is 0 Å². The van der Waals surface area contributed by atoms with E-state index in [0.717, 1.165) is 0 Å². The third kappa shape index (κ3) is 5.15. The summed E-state index contributed by atoms with van der Waals surface area (Å²) in [6.45, 7) is 4.41. The molecule has 0 aromatic heterocycles. The van der Waals surface area contributed by atoms with E-state index in [1.807, 2.05) is 0 Å². The maximum Gasteiger partial charge on any atom is 0.338 e. The Balaban J connectivity index is 1.74. The van der Waals surface area contributed by atoms with Crippen LogP contribution in [0.15, 0.2) is 27.6 Å². The van der Waals surface area contributed by atoms with Crippen molar-refractivity contribution in [3.05, 3.63) is 28.2 Å². The second-order valence-electron chi connectivity index (χ2n) is 6.65. The normalized spacial score (nSPS) is 19.6. The highest BCUT2D eigenvalue weighted by Crippen LogP contribution is 2.27. The zero-order valence-electron chi connectivity index (χ0n) is 16.0. The van der Waals surface area contributed by atoms with Crippen LogP contribution in [0.3, 0.4) is 0 Å². The van der Waals surface area contributed by atoms with Gasteiger partial charge in [0, 0.05) is 30.7 Å². The number of hydrogen-bond acceptors (Lipinski definition) is 7. The molecule has 11 heteroatoms. The minimum Gasteiger partial charge on any atom is -0.449 e. The summed E-state index contributed by atoms with van der Waals surface area (Å²) in [4.78, 5) is 26.5. The van der Waals surface area contributed by atoms with Crippen LogP contribution in [0.1, 0.15) is 17.3 Å². The number of benzene rings is 1. The zero-order chi connectivity index (χ0) is 21.0. The van der Waals surface area contributed by atoms with Gasteiger partial charge in [0.1, 0.15) is 0 Å². The van der Waals surface area contributed by atoms with E-state index in [4.69, 9.17) is 14.2 Å². The van der Waals surface area contributed by atoms with Crippen molar-refractivity contribution in [3.8, 4) is 0 Å². The Morgan fingerprint density at radius 3 is 2.28 bits per heavy atom. The first-order valence-electron chi connectivity index (χ1n) is 9.25. The Morgan fingerprint density at radius 2 is 1.66 bits per heavy atom. The number of rotatable bonds is 5. The van der Waals surface area contributed by atoms with Gasteiger partial charge in [-0.2, -0.15) is 4.31 Å². The first-order valence-corrected chi connectivity index (χ1v) is 11.5. The molecule has 0 N–H and O–H groups in total. The van der Waals surface area contributed by atoms with E-state index in [0.29, 0.717) is 44.0 Å². The van der Waals surface area contributed by atoms with E-state index >= 15 is 0 Å². The molecular weight excluding hydrogens is 468 g/mol. The molecule has 0 radical (unpaired) electrons. The Hall–Kier alpha value is -1.53. The number of carbonyl (C=O) groups excluding carboxylic acids is 2. The molecule has 2 aliphatic heterocycles. The predicted octanol–water partition coefficient (Wildman–Crippen LogP) is 0.874. The lowest BCUT2D eigenvalue weighted by Gasteiger charge is -2.29. The number of esters is 1. The van der Waals surface area contributed by atoms with Crippen molar-refractivity contribution in [1.82, 2.24) is 9.21 Å². The van der Waals surface area contributed by atoms with E-state index in [-0.39, 0.29) is 29.5 Å². The highest BCUT2D eigenvalue weighted by atomic mass is 79.9. The maximum atomic E-state index is 12.9. The summed E-state index contributed by atoms with van der Waals surface area (Å²) in [6.07, 6.45) is -0.983. The van der Waals surface area contributed by atoms with Crippen molar-refractivity contribution in [2.75, 3.05) is 52.6 Å².